The Morgan fingerprint density at radius 3 is 1.78 bits per heavy atom. The molecule has 4 heteroatoms. The van der Waals surface area contributed by atoms with E-state index in [2.05, 4.69) is 147 Å². The van der Waals surface area contributed by atoms with E-state index in [4.69, 9.17) is 0 Å². The lowest BCUT2D eigenvalue weighted by atomic mass is 9.98. The molecule has 0 aliphatic carbocycles. The van der Waals surface area contributed by atoms with Crippen LogP contribution >= 0.6 is 0 Å². The van der Waals surface area contributed by atoms with Gasteiger partial charge in [-0.2, -0.15) is 0 Å². The van der Waals surface area contributed by atoms with Gasteiger partial charge in [0.15, 0.2) is 0 Å². The Morgan fingerprint density at radius 2 is 1.25 bits per heavy atom. The lowest BCUT2D eigenvalue weighted by Gasteiger charge is -2.24. The maximum Gasteiger partial charge on any atom is 0.0711 e. The first kappa shape index (κ1) is 26.9. The number of dihydropyridines is 4. The SMILES string of the molecule is CC.CC1=CC=CC(C2=CNC(C)C=C2)N1.Cc1ccc(C2C=CC(C3=CNC(C)C=C3)=CN2)cc1. The van der Waals surface area contributed by atoms with Gasteiger partial charge in [-0.1, -0.05) is 92.3 Å². The van der Waals surface area contributed by atoms with Crippen LogP contribution in [-0.4, -0.2) is 18.1 Å². The second-order valence-electron chi connectivity index (χ2n) is 9.24. The zero-order chi connectivity index (χ0) is 25.9. The van der Waals surface area contributed by atoms with Crippen LogP contribution in [0.25, 0.3) is 0 Å². The molecule has 0 aromatic heterocycles. The predicted octanol–water partition coefficient (Wildman–Crippen LogP) is 6.39. The number of hydrogen-bond donors (Lipinski definition) is 4. The summed E-state index contributed by atoms with van der Waals surface area (Å²) >= 11 is 0. The minimum atomic E-state index is 0.263. The molecule has 0 radical (unpaired) electrons. The molecular weight excluding hydrogens is 440 g/mol. The van der Waals surface area contributed by atoms with Gasteiger partial charge >= 0.3 is 0 Å². The highest BCUT2D eigenvalue weighted by atomic mass is 14.9. The monoisotopic (exact) mass is 482 g/mol. The molecule has 0 saturated heterocycles. The number of nitrogens with one attached hydrogen (secondary N) is 4. The summed E-state index contributed by atoms with van der Waals surface area (Å²) in [5.41, 5.74) is 7.51. The molecule has 5 rings (SSSR count). The third-order valence-corrected chi connectivity index (χ3v) is 6.20. The van der Waals surface area contributed by atoms with Crippen LogP contribution in [0.3, 0.4) is 0 Å². The van der Waals surface area contributed by atoms with Gasteiger partial charge in [-0.25, -0.2) is 0 Å². The largest absolute Gasteiger partial charge is 0.385 e. The van der Waals surface area contributed by atoms with E-state index in [9.17, 15) is 0 Å². The third kappa shape index (κ3) is 7.67. The van der Waals surface area contributed by atoms with E-state index >= 15 is 0 Å². The quantitative estimate of drug-likeness (QED) is 0.403. The summed E-state index contributed by atoms with van der Waals surface area (Å²) < 4.78 is 0. The molecule has 0 saturated carbocycles. The van der Waals surface area contributed by atoms with Crippen LogP contribution in [0.2, 0.25) is 0 Å². The summed E-state index contributed by atoms with van der Waals surface area (Å²) in [6, 6.07) is 10.1. The Kier molecular flexibility index (Phi) is 10.1. The van der Waals surface area contributed by atoms with E-state index in [1.807, 2.05) is 13.8 Å². The fraction of sp³-hybridized carbons (Fsp3) is 0.312. The van der Waals surface area contributed by atoms with Crippen molar-refractivity contribution in [3.05, 3.63) is 131 Å². The second-order valence-corrected chi connectivity index (χ2v) is 9.24. The predicted molar refractivity (Wildman–Crippen MR) is 155 cm³/mol. The molecule has 0 bridgehead atoms. The highest BCUT2D eigenvalue weighted by Crippen LogP contribution is 2.24. The summed E-state index contributed by atoms with van der Waals surface area (Å²) in [5, 5.41) is 13.5. The van der Waals surface area contributed by atoms with Gasteiger partial charge in [-0.05, 0) is 56.1 Å². The van der Waals surface area contributed by atoms with Gasteiger partial charge in [-0.3, -0.25) is 0 Å². The number of hydrogen-bond acceptors (Lipinski definition) is 4. The fourth-order valence-electron chi connectivity index (χ4n) is 4.02. The molecule has 4 unspecified atom stereocenters. The van der Waals surface area contributed by atoms with Crippen molar-refractivity contribution >= 4 is 0 Å². The van der Waals surface area contributed by atoms with Crippen LogP contribution < -0.4 is 21.3 Å². The van der Waals surface area contributed by atoms with Gasteiger partial charge in [0.05, 0.1) is 12.1 Å². The first-order chi connectivity index (χ1) is 17.5. The van der Waals surface area contributed by atoms with Crippen LogP contribution in [0.5, 0.6) is 0 Å². The van der Waals surface area contributed by atoms with Gasteiger partial charge in [0.25, 0.3) is 0 Å². The number of benzene rings is 1. The normalized spacial score (nSPS) is 25.5. The molecule has 0 amide bonds. The van der Waals surface area contributed by atoms with Crippen molar-refractivity contribution in [2.24, 2.45) is 0 Å². The highest BCUT2D eigenvalue weighted by molar-refractivity contribution is 5.49. The van der Waals surface area contributed by atoms with Gasteiger partial charge < -0.3 is 21.3 Å². The summed E-state index contributed by atoms with van der Waals surface area (Å²) in [7, 11) is 0. The zero-order valence-electron chi connectivity index (χ0n) is 22.5. The van der Waals surface area contributed by atoms with Crippen molar-refractivity contribution in [3.63, 3.8) is 0 Å². The van der Waals surface area contributed by atoms with Crippen molar-refractivity contribution < 1.29 is 0 Å². The molecule has 4 heterocycles. The van der Waals surface area contributed by atoms with E-state index in [1.165, 1.54) is 33.5 Å². The van der Waals surface area contributed by atoms with Crippen molar-refractivity contribution in [1.29, 1.82) is 0 Å². The molecule has 4 atom stereocenters. The highest BCUT2D eigenvalue weighted by Gasteiger charge is 2.14. The summed E-state index contributed by atoms with van der Waals surface area (Å²) in [6.07, 6.45) is 25.7. The molecule has 4 aliphatic rings. The topological polar surface area (TPSA) is 48.1 Å². The van der Waals surface area contributed by atoms with E-state index in [0.29, 0.717) is 18.1 Å². The Labute approximate surface area is 218 Å². The number of allylic oxidation sites excluding steroid dienone is 7. The van der Waals surface area contributed by atoms with E-state index in [-0.39, 0.29) is 6.04 Å². The molecule has 1 aromatic carbocycles. The molecular formula is C32H42N4. The van der Waals surface area contributed by atoms with Crippen LogP contribution in [0.15, 0.2) is 120 Å². The van der Waals surface area contributed by atoms with Crippen LogP contribution in [0.1, 0.15) is 51.8 Å². The Balaban J connectivity index is 0.000000198. The average Bonchev–Trinajstić information content (AvgIpc) is 2.92. The lowest BCUT2D eigenvalue weighted by molar-refractivity contribution is 0.704. The summed E-state index contributed by atoms with van der Waals surface area (Å²) in [4.78, 5) is 0. The standard InChI is InChI=1S/C18H20N2.C12H16N2.C2H6/c1-13-3-6-15(7-4-13)18-10-9-17(12-20-18)16-8-5-14(2)19-11-16;1-9-6-7-11(8-13-9)12-5-3-4-10(2)14-12;1-2/h3-12,14,18-20H,1-2H3;3-9,12-14H,1-2H3;1-2H3. The molecule has 4 nitrogen and oxygen atoms in total. The lowest BCUT2D eigenvalue weighted by Crippen LogP contribution is -2.32. The zero-order valence-corrected chi connectivity index (χ0v) is 22.5. The van der Waals surface area contributed by atoms with Crippen molar-refractivity contribution in [3.8, 4) is 0 Å². The Morgan fingerprint density at radius 1 is 0.639 bits per heavy atom. The minimum Gasteiger partial charge on any atom is -0.385 e. The molecule has 36 heavy (non-hydrogen) atoms. The molecule has 0 spiro atoms. The Hall–Kier alpha value is -3.66. The molecule has 4 aliphatic heterocycles. The minimum absolute atomic E-state index is 0.263. The van der Waals surface area contributed by atoms with Crippen molar-refractivity contribution in [2.45, 2.75) is 65.7 Å². The first-order valence-electron chi connectivity index (χ1n) is 13.1. The smallest absolute Gasteiger partial charge is 0.0711 e. The maximum atomic E-state index is 3.46. The number of rotatable bonds is 3. The van der Waals surface area contributed by atoms with Crippen molar-refractivity contribution in [1.82, 2.24) is 21.3 Å². The molecule has 4 N–H and O–H groups in total. The van der Waals surface area contributed by atoms with Gasteiger partial charge in [-0.15, -0.1) is 0 Å². The molecule has 190 valence electrons. The van der Waals surface area contributed by atoms with Crippen LogP contribution in [0, 0.1) is 6.92 Å². The average molecular weight is 483 g/mol. The van der Waals surface area contributed by atoms with Gasteiger partial charge in [0.1, 0.15) is 0 Å². The fourth-order valence-corrected chi connectivity index (χ4v) is 4.02. The van der Waals surface area contributed by atoms with E-state index in [0.717, 1.165) is 0 Å². The van der Waals surface area contributed by atoms with E-state index in [1.54, 1.807) is 0 Å². The first-order valence-corrected chi connectivity index (χ1v) is 13.1. The Bertz CT molecular complexity index is 1110. The van der Waals surface area contributed by atoms with Gasteiger partial charge in [0.2, 0.25) is 0 Å². The van der Waals surface area contributed by atoms with E-state index < -0.39 is 0 Å². The van der Waals surface area contributed by atoms with Crippen LogP contribution in [-0.2, 0) is 0 Å². The van der Waals surface area contributed by atoms with Crippen molar-refractivity contribution in [2.75, 3.05) is 0 Å². The summed E-state index contributed by atoms with van der Waals surface area (Å²) in [6.45, 7) is 12.5. The molecule has 0 fully saturated rings. The van der Waals surface area contributed by atoms with Gasteiger partial charge in [0, 0.05) is 36.4 Å². The third-order valence-electron chi connectivity index (χ3n) is 6.20. The van der Waals surface area contributed by atoms with Crippen LogP contribution in [0.4, 0.5) is 0 Å². The second kappa shape index (κ2) is 13.4. The maximum absolute atomic E-state index is 3.46. The summed E-state index contributed by atoms with van der Waals surface area (Å²) in [5.74, 6) is 0. The number of aryl methyl sites for hydroxylation is 1. The molecule has 1 aromatic rings.